The summed E-state index contributed by atoms with van der Waals surface area (Å²) in [7, 11) is 0. The molecule has 0 bridgehead atoms. The van der Waals surface area contributed by atoms with E-state index in [-0.39, 0.29) is 24.4 Å². The van der Waals surface area contributed by atoms with Crippen LogP contribution in [0.3, 0.4) is 0 Å². The van der Waals surface area contributed by atoms with E-state index >= 15 is 0 Å². The number of hydrogen-bond donors (Lipinski definition) is 1. The molecule has 5 atom stereocenters. The van der Waals surface area contributed by atoms with Gasteiger partial charge in [-0.25, -0.2) is 0 Å². The normalized spacial score (nSPS) is 44.7. The molecule has 0 spiro atoms. The summed E-state index contributed by atoms with van der Waals surface area (Å²) >= 11 is 0. The van der Waals surface area contributed by atoms with E-state index in [4.69, 9.17) is 29.2 Å². The molecule has 8 nitrogen and oxygen atoms in total. The Morgan fingerprint density at radius 2 is 1.55 bits per heavy atom. The predicted octanol–water partition coefficient (Wildman–Crippen LogP) is 0.909. The molecule has 114 valence electrons. The summed E-state index contributed by atoms with van der Waals surface area (Å²) in [6.07, 6.45) is -1.79. The highest BCUT2D eigenvalue weighted by molar-refractivity contribution is 5.00. The molecule has 0 unspecified atom stereocenters. The van der Waals surface area contributed by atoms with E-state index in [2.05, 4.69) is 10.6 Å². The molecule has 3 aliphatic heterocycles. The maximum Gasteiger partial charge on any atom is 0.190 e. The van der Waals surface area contributed by atoms with Gasteiger partial charge in [-0.1, -0.05) is 0 Å². The first-order valence-electron chi connectivity index (χ1n) is 6.75. The summed E-state index contributed by atoms with van der Waals surface area (Å²) in [6, 6.07) is 0. The first-order chi connectivity index (χ1) is 9.31. The maximum atomic E-state index is 8.54. The van der Waals surface area contributed by atoms with Gasteiger partial charge in [-0.2, -0.15) is 0 Å². The van der Waals surface area contributed by atoms with Gasteiger partial charge in [0.1, 0.15) is 18.3 Å². The molecule has 3 fully saturated rings. The number of ether oxygens (including phenoxy) is 5. The fourth-order valence-electron chi connectivity index (χ4n) is 2.99. The lowest BCUT2D eigenvalue weighted by Crippen LogP contribution is -2.57. The third kappa shape index (κ3) is 2.42. The van der Waals surface area contributed by atoms with Gasteiger partial charge in [-0.05, 0) is 34.2 Å². The molecule has 0 aliphatic carbocycles. The topological polar surface area (TPSA) is 92.8 Å². The van der Waals surface area contributed by atoms with E-state index < -0.39 is 17.9 Å². The van der Waals surface area contributed by atoms with Crippen molar-refractivity contribution in [3.8, 4) is 0 Å². The van der Waals surface area contributed by atoms with Crippen molar-refractivity contribution in [1.29, 1.82) is 0 Å². The van der Waals surface area contributed by atoms with Crippen molar-refractivity contribution in [1.82, 2.24) is 5.43 Å². The van der Waals surface area contributed by atoms with E-state index in [1.807, 2.05) is 27.7 Å². The zero-order valence-electron chi connectivity index (χ0n) is 12.0. The minimum Gasteiger partial charge on any atom is -0.411 e. The molecule has 0 aromatic carbocycles. The third-order valence-corrected chi connectivity index (χ3v) is 3.61. The summed E-state index contributed by atoms with van der Waals surface area (Å²) in [5, 5.41) is 2.90. The molecule has 0 radical (unpaired) electrons. The summed E-state index contributed by atoms with van der Waals surface area (Å²) < 4.78 is 29.3. The molecular weight excluding hydrogens is 266 g/mol. The van der Waals surface area contributed by atoms with Crippen LogP contribution in [-0.2, 0) is 23.7 Å². The van der Waals surface area contributed by atoms with Gasteiger partial charge in [0.2, 0.25) is 0 Å². The van der Waals surface area contributed by atoms with Gasteiger partial charge in [0, 0.05) is 0 Å². The molecule has 3 rings (SSSR count). The van der Waals surface area contributed by atoms with Crippen LogP contribution in [0.25, 0.3) is 5.53 Å². The quantitative estimate of drug-likeness (QED) is 0.612. The molecule has 0 aromatic rings. The average Bonchev–Trinajstić information content (AvgIpc) is 2.80. The van der Waals surface area contributed by atoms with Gasteiger partial charge in [0.25, 0.3) is 0 Å². The van der Waals surface area contributed by atoms with Crippen molar-refractivity contribution in [2.45, 2.75) is 70.0 Å². The van der Waals surface area contributed by atoms with Crippen LogP contribution in [-0.4, -0.2) is 48.8 Å². The van der Waals surface area contributed by atoms with Crippen LogP contribution in [0.5, 0.6) is 0 Å². The van der Waals surface area contributed by atoms with Crippen LogP contribution in [0, 0.1) is 0 Å². The van der Waals surface area contributed by atoms with Crippen LogP contribution in [0.4, 0.5) is 0 Å². The van der Waals surface area contributed by atoms with Crippen LogP contribution in [0.1, 0.15) is 27.7 Å². The van der Waals surface area contributed by atoms with Crippen molar-refractivity contribution < 1.29 is 23.7 Å². The van der Waals surface area contributed by atoms with Gasteiger partial charge in [0.15, 0.2) is 17.9 Å². The summed E-state index contributed by atoms with van der Waals surface area (Å²) in [4.78, 5) is 0. The smallest absolute Gasteiger partial charge is 0.190 e. The Balaban J connectivity index is 1.82. The van der Waals surface area contributed by atoms with Gasteiger partial charge in [0.05, 0.1) is 6.10 Å². The number of rotatable bonds is 3. The van der Waals surface area contributed by atoms with Crippen molar-refractivity contribution >= 4 is 0 Å². The first kappa shape index (κ1) is 14.2. The zero-order chi connectivity index (χ0) is 14.5. The highest BCUT2D eigenvalue weighted by Gasteiger charge is 2.60. The van der Waals surface area contributed by atoms with Gasteiger partial charge >= 0.3 is 0 Å². The van der Waals surface area contributed by atoms with E-state index in [0.29, 0.717) is 6.54 Å². The monoisotopic (exact) mass is 286 g/mol. The predicted molar refractivity (Wildman–Crippen MR) is 66.3 cm³/mol. The van der Waals surface area contributed by atoms with Gasteiger partial charge < -0.3 is 34.6 Å². The fourth-order valence-corrected chi connectivity index (χ4v) is 2.99. The van der Waals surface area contributed by atoms with Gasteiger partial charge in [-0.3, -0.25) is 5.22 Å². The standard InChI is InChI=1S/C12H20N3O5/c1-11(2)17-7-6(5-14-15-13)16-10-9(8(7)18-11)19-12(3,4)20-10/h6-10H,5H2,1-4H3,(H-,13,14)/q-1/t6-,7+,8-,9-,10+/m1/s1. The van der Waals surface area contributed by atoms with Crippen molar-refractivity contribution in [3.63, 3.8) is 0 Å². The molecule has 8 heteroatoms. The largest absolute Gasteiger partial charge is 0.411 e. The third-order valence-electron chi connectivity index (χ3n) is 3.61. The molecule has 1 N–H and O–H groups in total. The van der Waals surface area contributed by atoms with Crippen LogP contribution in [0.2, 0.25) is 0 Å². The van der Waals surface area contributed by atoms with Crippen molar-refractivity contribution in [3.05, 3.63) is 5.53 Å². The Morgan fingerprint density at radius 1 is 0.950 bits per heavy atom. The van der Waals surface area contributed by atoms with E-state index in [0.717, 1.165) is 0 Å². The van der Waals surface area contributed by atoms with Crippen molar-refractivity contribution in [2.24, 2.45) is 5.22 Å². The Hall–Kier alpha value is -0.800. The molecular formula is C12H20N3O5-. The van der Waals surface area contributed by atoms with Crippen LogP contribution >= 0.6 is 0 Å². The molecule has 3 saturated heterocycles. The van der Waals surface area contributed by atoms with E-state index in [9.17, 15) is 0 Å². The molecule has 3 aliphatic rings. The minimum absolute atomic E-state index is 0.281. The number of fused-ring (bicyclic) bond motifs is 3. The Labute approximate surface area is 117 Å². The summed E-state index contributed by atoms with van der Waals surface area (Å²) in [5.41, 5.74) is 11.0. The molecule has 0 saturated carbocycles. The maximum absolute atomic E-state index is 8.54. The Kier molecular flexibility index (Phi) is 3.26. The zero-order valence-corrected chi connectivity index (χ0v) is 12.0. The minimum atomic E-state index is -0.723. The Bertz CT molecular complexity index is 403. The first-order valence-corrected chi connectivity index (χ1v) is 6.75. The molecule has 0 amide bonds. The van der Waals surface area contributed by atoms with E-state index in [1.54, 1.807) is 0 Å². The lowest BCUT2D eigenvalue weighted by Gasteiger charge is -2.38. The molecule has 0 aromatic heterocycles. The number of nitrogens with zero attached hydrogens (tertiary/aromatic N) is 2. The lowest BCUT2D eigenvalue weighted by atomic mass is 9.99. The van der Waals surface area contributed by atoms with Crippen LogP contribution in [0.15, 0.2) is 5.22 Å². The second-order valence-corrected chi connectivity index (χ2v) is 6.17. The van der Waals surface area contributed by atoms with Crippen molar-refractivity contribution in [2.75, 3.05) is 6.54 Å². The second kappa shape index (κ2) is 4.60. The Morgan fingerprint density at radius 3 is 2.25 bits per heavy atom. The summed E-state index contributed by atoms with van der Waals surface area (Å²) in [5.74, 6) is -1.43. The average molecular weight is 286 g/mol. The lowest BCUT2D eigenvalue weighted by molar-refractivity contribution is -0.232. The molecule has 3 heterocycles. The second-order valence-electron chi connectivity index (χ2n) is 6.17. The van der Waals surface area contributed by atoms with E-state index in [1.165, 1.54) is 0 Å². The van der Waals surface area contributed by atoms with Crippen LogP contribution < -0.4 is 5.43 Å². The molecule has 20 heavy (non-hydrogen) atoms. The highest BCUT2D eigenvalue weighted by Crippen LogP contribution is 2.43. The highest BCUT2D eigenvalue weighted by atomic mass is 16.9. The van der Waals surface area contributed by atoms with Gasteiger partial charge in [-0.15, -0.1) is 0 Å². The fraction of sp³-hybridized carbons (Fsp3) is 1.00. The summed E-state index contributed by atoms with van der Waals surface area (Å²) in [6.45, 7) is 7.66. The SMILES string of the molecule is CC1(C)O[C@@H]2[C@@H](O1)[C@@H](CNN=[N-])O[C@H]1OC(C)(C)O[C@@H]12. The number of nitrogens with one attached hydrogen (secondary N) is 1. The number of hydrogen-bond acceptors (Lipinski definition) is 6.